The summed E-state index contributed by atoms with van der Waals surface area (Å²) < 4.78 is 0. The van der Waals surface area contributed by atoms with Crippen molar-refractivity contribution in [3.8, 4) is 0 Å². The van der Waals surface area contributed by atoms with Gasteiger partial charge < -0.3 is 10.4 Å². The van der Waals surface area contributed by atoms with Gasteiger partial charge in [-0.15, -0.1) is 0 Å². The van der Waals surface area contributed by atoms with E-state index in [1.807, 2.05) is 6.92 Å². The first-order valence-electron chi connectivity index (χ1n) is 5.76. The van der Waals surface area contributed by atoms with E-state index < -0.39 is 12.0 Å². The molecule has 1 rings (SSSR count). The van der Waals surface area contributed by atoms with Crippen LogP contribution >= 0.6 is 0 Å². The van der Waals surface area contributed by atoms with Crippen LogP contribution in [0.5, 0.6) is 0 Å². The van der Waals surface area contributed by atoms with Crippen molar-refractivity contribution in [3.05, 3.63) is 0 Å². The molecular weight excluding hydrogens is 192 g/mol. The molecule has 4 heteroatoms. The second-order valence-corrected chi connectivity index (χ2v) is 3.96. The number of aliphatic carboxylic acids is 1. The van der Waals surface area contributed by atoms with Crippen molar-refractivity contribution in [1.29, 1.82) is 0 Å². The quantitative estimate of drug-likeness (QED) is 0.747. The van der Waals surface area contributed by atoms with E-state index in [0.717, 1.165) is 38.1 Å². The summed E-state index contributed by atoms with van der Waals surface area (Å²) in [5.41, 5.74) is 0. The van der Waals surface area contributed by atoms with Gasteiger partial charge >= 0.3 is 5.97 Å². The smallest absolute Gasteiger partial charge is 0.326 e. The second-order valence-electron chi connectivity index (χ2n) is 3.96. The van der Waals surface area contributed by atoms with Crippen LogP contribution in [0, 0.1) is 0 Å². The number of aliphatic imine (C=N–C) groups is 1. The fourth-order valence-corrected chi connectivity index (χ4v) is 1.74. The average molecular weight is 212 g/mol. The highest BCUT2D eigenvalue weighted by atomic mass is 16.4. The van der Waals surface area contributed by atoms with Crippen LogP contribution in [0.25, 0.3) is 0 Å². The highest BCUT2D eigenvalue weighted by Gasteiger charge is 2.17. The Morgan fingerprint density at radius 3 is 3.00 bits per heavy atom. The summed E-state index contributed by atoms with van der Waals surface area (Å²) in [4.78, 5) is 15.3. The predicted molar refractivity (Wildman–Crippen MR) is 60.2 cm³/mol. The number of amidine groups is 1. The fraction of sp³-hybridized carbons (Fsp3) is 0.818. The third-order valence-electron chi connectivity index (χ3n) is 2.59. The molecule has 0 aromatic carbocycles. The highest BCUT2D eigenvalue weighted by molar-refractivity contribution is 5.87. The number of nitrogens with zero attached hydrogens (tertiary/aromatic N) is 1. The Labute approximate surface area is 90.8 Å². The lowest BCUT2D eigenvalue weighted by Crippen LogP contribution is -2.40. The van der Waals surface area contributed by atoms with E-state index in [1.165, 1.54) is 6.42 Å². The van der Waals surface area contributed by atoms with Crippen molar-refractivity contribution in [3.63, 3.8) is 0 Å². The fourth-order valence-electron chi connectivity index (χ4n) is 1.74. The van der Waals surface area contributed by atoms with Crippen LogP contribution in [-0.2, 0) is 4.79 Å². The normalized spacial score (nSPS) is 18.9. The Morgan fingerprint density at radius 2 is 2.33 bits per heavy atom. The third kappa shape index (κ3) is 4.32. The summed E-state index contributed by atoms with van der Waals surface area (Å²) in [5, 5.41) is 12.0. The Kier molecular flexibility index (Phi) is 5.15. The number of carbonyl (C=O) groups is 1. The molecule has 1 aliphatic rings. The molecule has 1 heterocycles. The molecule has 0 spiro atoms. The summed E-state index contributed by atoms with van der Waals surface area (Å²) in [7, 11) is 0. The monoisotopic (exact) mass is 212 g/mol. The van der Waals surface area contributed by atoms with E-state index in [4.69, 9.17) is 5.11 Å². The zero-order chi connectivity index (χ0) is 11.1. The Balaban J connectivity index is 2.48. The van der Waals surface area contributed by atoms with Crippen molar-refractivity contribution < 1.29 is 9.90 Å². The maximum atomic E-state index is 10.9. The van der Waals surface area contributed by atoms with Crippen molar-refractivity contribution in [2.75, 3.05) is 6.54 Å². The van der Waals surface area contributed by atoms with Gasteiger partial charge in [-0.1, -0.05) is 19.8 Å². The molecule has 0 amide bonds. The van der Waals surface area contributed by atoms with E-state index in [1.54, 1.807) is 0 Å². The molecule has 0 saturated carbocycles. The van der Waals surface area contributed by atoms with Gasteiger partial charge in [0.05, 0.1) is 5.84 Å². The molecule has 15 heavy (non-hydrogen) atoms. The molecule has 1 unspecified atom stereocenters. The molecule has 0 aromatic heterocycles. The molecule has 2 N–H and O–H groups in total. The van der Waals surface area contributed by atoms with Crippen molar-refractivity contribution >= 4 is 11.8 Å². The van der Waals surface area contributed by atoms with Crippen molar-refractivity contribution in [2.24, 2.45) is 4.99 Å². The molecule has 0 aromatic rings. The summed E-state index contributed by atoms with van der Waals surface area (Å²) in [6.45, 7) is 2.83. The first-order chi connectivity index (χ1) is 7.24. The molecule has 0 radical (unpaired) electrons. The molecule has 0 fully saturated rings. The second kappa shape index (κ2) is 6.43. The van der Waals surface area contributed by atoms with Crippen LogP contribution in [0.2, 0.25) is 0 Å². The van der Waals surface area contributed by atoms with E-state index >= 15 is 0 Å². The molecule has 86 valence electrons. The maximum absolute atomic E-state index is 10.9. The van der Waals surface area contributed by atoms with Gasteiger partial charge in [0.25, 0.3) is 0 Å². The van der Waals surface area contributed by atoms with Gasteiger partial charge in [0.1, 0.15) is 6.04 Å². The van der Waals surface area contributed by atoms with Crippen LogP contribution in [0.1, 0.15) is 45.4 Å². The van der Waals surface area contributed by atoms with Gasteiger partial charge in [-0.2, -0.15) is 0 Å². The Bertz CT molecular complexity index is 239. The number of carboxylic acids is 1. The Hall–Kier alpha value is -1.06. The topological polar surface area (TPSA) is 61.7 Å². The highest BCUT2D eigenvalue weighted by Crippen LogP contribution is 2.07. The molecule has 0 saturated heterocycles. The minimum atomic E-state index is -0.774. The first kappa shape index (κ1) is 12.0. The van der Waals surface area contributed by atoms with Crippen LogP contribution in [0.4, 0.5) is 0 Å². The molecule has 1 aliphatic heterocycles. The third-order valence-corrected chi connectivity index (χ3v) is 2.59. The van der Waals surface area contributed by atoms with Crippen LogP contribution in [0.15, 0.2) is 4.99 Å². The number of nitrogens with one attached hydrogen (secondary N) is 1. The minimum absolute atomic E-state index is 0.466. The van der Waals surface area contributed by atoms with Crippen LogP contribution < -0.4 is 5.32 Å². The standard InChI is InChI=1S/C11H20N2O2/c1-2-6-9(11(14)15)13-10-7-4-3-5-8-12-10/h9H,2-8H2,1H3,(H,12,13)(H,14,15). The summed E-state index contributed by atoms with van der Waals surface area (Å²) in [5.74, 6) is 0.108. The maximum Gasteiger partial charge on any atom is 0.326 e. The largest absolute Gasteiger partial charge is 0.480 e. The number of hydrogen-bond acceptors (Lipinski definition) is 3. The van der Waals surface area contributed by atoms with Crippen LogP contribution in [0.3, 0.4) is 0 Å². The van der Waals surface area contributed by atoms with Gasteiger partial charge in [0.15, 0.2) is 0 Å². The van der Waals surface area contributed by atoms with Gasteiger partial charge in [-0.3, -0.25) is 4.99 Å². The van der Waals surface area contributed by atoms with Gasteiger partial charge in [-0.05, 0) is 19.3 Å². The van der Waals surface area contributed by atoms with Crippen LogP contribution in [-0.4, -0.2) is 29.5 Å². The first-order valence-corrected chi connectivity index (χ1v) is 5.76. The zero-order valence-electron chi connectivity index (χ0n) is 9.33. The molecular formula is C11H20N2O2. The molecule has 0 aliphatic carbocycles. The van der Waals surface area contributed by atoms with Gasteiger partial charge in [-0.25, -0.2) is 4.79 Å². The lowest BCUT2D eigenvalue weighted by molar-refractivity contribution is -0.139. The van der Waals surface area contributed by atoms with Gasteiger partial charge in [0.2, 0.25) is 0 Å². The van der Waals surface area contributed by atoms with Crippen molar-refractivity contribution in [2.45, 2.75) is 51.5 Å². The SMILES string of the molecule is CCCC(NC1=NCCCCC1)C(=O)O. The molecule has 1 atom stereocenters. The minimum Gasteiger partial charge on any atom is -0.480 e. The number of hydrogen-bond donors (Lipinski definition) is 2. The number of carboxylic acid groups (broad SMARTS) is 1. The van der Waals surface area contributed by atoms with E-state index in [2.05, 4.69) is 10.3 Å². The molecule has 4 nitrogen and oxygen atoms in total. The Morgan fingerprint density at radius 1 is 1.53 bits per heavy atom. The lowest BCUT2D eigenvalue weighted by atomic mass is 10.1. The van der Waals surface area contributed by atoms with Crippen molar-refractivity contribution in [1.82, 2.24) is 5.32 Å². The average Bonchev–Trinajstić information content (AvgIpc) is 2.45. The predicted octanol–water partition coefficient (Wildman–Crippen LogP) is 1.80. The summed E-state index contributed by atoms with van der Waals surface area (Å²) >= 11 is 0. The number of rotatable bonds is 4. The van der Waals surface area contributed by atoms with Gasteiger partial charge in [0, 0.05) is 13.0 Å². The molecule has 0 bridgehead atoms. The van der Waals surface area contributed by atoms with E-state index in [-0.39, 0.29) is 0 Å². The zero-order valence-corrected chi connectivity index (χ0v) is 9.33. The lowest BCUT2D eigenvalue weighted by Gasteiger charge is -2.15. The van der Waals surface area contributed by atoms with E-state index in [0.29, 0.717) is 6.42 Å². The summed E-state index contributed by atoms with van der Waals surface area (Å²) in [6.07, 6.45) is 5.86. The summed E-state index contributed by atoms with van der Waals surface area (Å²) in [6, 6.07) is -0.466. The van der Waals surface area contributed by atoms with E-state index in [9.17, 15) is 4.79 Å².